The van der Waals surface area contributed by atoms with E-state index >= 15 is 0 Å². The van der Waals surface area contributed by atoms with Crippen molar-refractivity contribution in [1.29, 1.82) is 0 Å². The molecule has 27 heavy (non-hydrogen) atoms. The molecule has 2 heterocycles. The predicted octanol–water partition coefficient (Wildman–Crippen LogP) is 3.07. The number of aryl methyl sites for hydroxylation is 1. The van der Waals surface area contributed by atoms with Crippen LogP contribution in [0.4, 0.5) is 20.7 Å². The minimum absolute atomic E-state index is 0.0409. The molecular weight excluding hydrogens is 349 g/mol. The number of hydrogen-bond donors (Lipinski definition) is 1. The average molecular weight is 373 g/mol. The van der Waals surface area contributed by atoms with Gasteiger partial charge in [0.05, 0.1) is 6.10 Å². The van der Waals surface area contributed by atoms with Crippen molar-refractivity contribution in [2.45, 2.75) is 26.9 Å². The third-order valence-corrected chi connectivity index (χ3v) is 4.14. The van der Waals surface area contributed by atoms with Crippen LogP contribution < -0.4 is 15.0 Å². The van der Waals surface area contributed by atoms with Crippen molar-refractivity contribution in [2.24, 2.45) is 0 Å². The summed E-state index contributed by atoms with van der Waals surface area (Å²) in [6, 6.07) is 7.38. The first kappa shape index (κ1) is 18.9. The number of anilines is 2. The fraction of sp³-hybridized carbons (Fsp3) is 0.421. The highest BCUT2D eigenvalue weighted by molar-refractivity contribution is 5.89. The normalized spacial score (nSPS) is 14.4. The largest absolute Gasteiger partial charge is 0.475 e. The number of hydrogen-bond acceptors (Lipinski definition) is 5. The van der Waals surface area contributed by atoms with E-state index in [9.17, 15) is 9.18 Å². The van der Waals surface area contributed by atoms with Gasteiger partial charge in [-0.1, -0.05) is 0 Å². The Morgan fingerprint density at radius 1 is 1.15 bits per heavy atom. The van der Waals surface area contributed by atoms with Gasteiger partial charge in [0.15, 0.2) is 0 Å². The number of piperazine rings is 1. The zero-order chi connectivity index (χ0) is 19.4. The van der Waals surface area contributed by atoms with Crippen molar-refractivity contribution in [3.63, 3.8) is 0 Å². The number of carbonyl (C=O) groups is 1. The molecule has 0 aliphatic carbocycles. The summed E-state index contributed by atoms with van der Waals surface area (Å²) in [6.07, 6.45) is 0.0409. The SMILES string of the molecule is Cc1nc(OC(C)C)cc(N2CCN(C(=O)Nc3ccc(F)cc3)CC2)n1. The summed E-state index contributed by atoms with van der Waals surface area (Å²) in [4.78, 5) is 25.0. The van der Waals surface area contributed by atoms with Gasteiger partial charge in [-0.2, -0.15) is 4.98 Å². The van der Waals surface area contributed by atoms with Crippen molar-refractivity contribution in [3.8, 4) is 5.88 Å². The molecule has 2 amide bonds. The minimum Gasteiger partial charge on any atom is -0.475 e. The monoisotopic (exact) mass is 373 g/mol. The molecule has 0 atom stereocenters. The van der Waals surface area contributed by atoms with Gasteiger partial charge in [0.25, 0.3) is 0 Å². The molecule has 1 aliphatic heterocycles. The second-order valence-corrected chi connectivity index (χ2v) is 6.69. The lowest BCUT2D eigenvalue weighted by Crippen LogP contribution is -2.50. The molecule has 1 saturated heterocycles. The molecule has 0 spiro atoms. The first-order chi connectivity index (χ1) is 12.9. The number of carbonyl (C=O) groups excluding carboxylic acids is 1. The van der Waals surface area contributed by atoms with Crippen LogP contribution in [0.1, 0.15) is 19.7 Å². The van der Waals surface area contributed by atoms with Crippen LogP contribution in [0.5, 0.6) is 5.88 Å². The van der Waals surface area contributed by atoms with E-state index < -0.39 is 0 Å². The predicted molar refractivity (Wildman–Crippen MR) is 102 cm³/mol. The van der Waals surface area contributed by atoms with Crippen molar-refractivity contribution in [3.05, 3.63) is 42.0 Å². The average Bonchev–Trinajstić information content (AvgIpc) is 2.62. The van der Waals surface area contributed by atoms with Gasteiger partial charge in [0.1, 0.15) is 17.5 Å². The molecule has 1 aromatic heterocycles. The Morgan fingerprint density at radius 3 is 2.44 bits per heavy atom. The van der Waals surface area contributed by atoms with Crippen LogP contribution >= 0.6 is 0 Å². The van der Waals surface area contributed by atoms with E-state index in [2.05, 4.69) is 20.2 Å². The molecule has 1 aliphatic rings. The van der Waals surface area contributed by atoms with Crippen molar-refractivity contribution >= 4 is 17.5 Å². The summed E-state index contributed by atoms with van der Waals surface area (Å²) in [5.41, 5.74) is 0.575. The van der Waals surface area contributed by atoms with E-state index in [-0.39, 0.29) is 18.0 Å². The van der Waals surface area contributed by atoms with Crippen LogP contribution in [0, 0.1) is 12.7 Å². The van der Waals surface area contributed by atoms with Gasteiger partial charge in [0.2, 0.25) is 5.88 Å². The van der Waals surface area contributed by atoms with Crippen LogP contribution in [0.15, 0.2) is 30.3 Å². The third-order valence-electron chi connectivity index (χ3n) is 4.14. The van der Waals surface area contributed by atoms with Gasteiger partial charge in [-0.25, -0.2) is 14.2 Å². The number of ether oxygens (including phenoxy) is 1. The number of nitrogens with zero attached hydrogens (tertiary/aromatic N) is 4. The van der Waals surface area contributed by atoms with E-state index in [1.54, 1.807) is 17.0 Å². The molecule has 0 saturated carbocycles. The van der Waals surface area contributed by atoms with Crippen molar-refractivity contribution in [2.75, 3.05) is 36.4 Å². The number of halogens is 1. The molecular formula is C19H24FN5O2. The molecule has 1 fully saturated rings. The summed E-state index contributed by atoms with van der Waals surface area (Å²) in [5.74, 6) is 1.68. The van der Waals surface area contributed by atoms with Gasteiger partial charge < -0.3 is 19.9 Å². The molecule has 2 aromatic rings. The maximum absolute atomic E-state index is 13.0. The molecule has 1 N–H and O–H groups in total. The van der Waals surface area contributed by atoms with Gasteiger partial charge in [-0.05, 0) is 45.0 Å². The fourth-order valence-corrected chi connectivity index (χ4v) is 2.86. The molecule has 7 nitrogen and oxygen atoms in total. The Labute approximate surface area is 158 Å². The quantitative estimate of drug-likeness (QED) is 0.892. The molecule has 0 bridgehead atoms. The smallest absolute Gasteiger partial charge is 0.321 e. The van der Waals surface area contributed by atoms with Gasteiger partial charge in [-0.3, -0.25) is 0 Å². The molecule has 144 valence electrons. The Bertz CT molecular complexity index is 789. The highest BCUT2D eigenvalue weighted by atomic mass is 19.1. The van der Waals surface area contributed by atoms with Gasteiger partial charge in [0, 0.05) is 37.9 Å². The standard InChI is InChI=1S/C19H24FN5O2/c1-13(2)27-18-12-17(21-14(3)22-18)24-8-10-25(11-9-24)19(26)23-16-6-4-15(20)5-7-16/h4-7,12-13H,8-11H2,1-3H3,(H,23,26). The molecule has 1 aromatic carbocycles. The zero-order valence-corrected chi connectivity index (χ0v) is 15.8. The molecule has 0 unspecified atom stereocenters. The maximum atomic E-state index is 13.0. The second-order valence-electron chi connectivity index (χ2n) is 6.69. The van der Waals surface area contributed by atoms with Crippen LogP contribution in [-0.2, 0) is 0 Å². The lowest BCUT2D eigenvalue weighted by Gasteiger charge is -2.35. The zero-order valence-electron chi connectivity index (χ0n) is 15.8. The lowest BCUT2D eigenvalue weighted by molar-refractivity contribution is 0.208. The number of amides is 2. The molecule has 3 rings (SSSR count). The van der Waals surface area contributed by atoms with Crippen LogP contribution in [-0.4, -0.2) is 53.2 Å². The first-order valence-electron chi connectivity index (χ1n) is 8.99. The molecule has 8 heteroatoms. The first-order valence-corrected chi connectivity index (χ1v) is 8.99. The Balaban J connectivity index is 1.59. The van der Waals surface area contributed by atoms with E-state index in [0.29, 0.717) is 43.6 Å². The topological polar surface area (TPSA) is 70.6 Å². The number of rotatable bonds is 4. The number of nitrogens with one attached hydrogen (secondary N) is 1. The van der Waals surface area contributed by atoms with Crippen LogP contribution in [0.2, 0.25) is 0 Å². The van der Waals surface area contributed by atoms with E-state index in [1.807, 2.05) is 26.8 Å². The highest BCUT2D eigenvalue weighted by Gasteiger charge is 2.23. The Kier molecular flexibility index (Phi) is 5.73. The summed E-state index contributed by atoms with van der Waals surface area (Å²) in [7, 11) is 0. The van der Waals surface area contributed by atoms with E-state index in [4.69, 9.17) is 4.74 Å². The Hall–Kier alpha value is -2.90. The summed E-state index contributed by atoms with van der Waals surface area (Å²) in [5, 5.41) is 2.79. The van der Waals surface area contributed by atoms with Gasteiger partial charge in [-0.15, -0.1) is 0 Å². The van der Waals surface area contributed by atoms with Crippen molar-refractivity contribution < 1.29 is 13.9 Å². The second kappa shape index (κ2) is 8.20. The third kappa shape index (κ3) is 5.06. The van der Waals surface area contributed by atoms with Gasteiger partial charge >= 0.3 is 6.03 Å². The Morgan fingerprint density at radius 2 is 1.81 bits per heavy atom. The number of aromatic nitrogens is 2. The summed E-state index contributed by atoms with van der Waals surface area (Å²) < 4.78 is 18.6. The summed E-state index contributed by atoms with van der Waals surface area (Å²) in [6.45, 7) is 8.20. The fourth-order valence-electron chi connectivity index (χ4n) is 2.86. The minimum atomic E-state index is -0.331. The number of benzene rings is 1. The summed E-state index contributed by atoms with van der Waals surface area (Å²) >= 11 is 0. The van der Waals surface area contributed by atoms with E-state index in [1.165, 1.54) is 12.1 Å². The van der Waals surface area contributed by atoms with Crippen LogP contribution in [0.3, 0.4) is 0 Å². The van der Waals surface area contributed by atoms with Crippen LogP contribution in [0.25, 0.3) is 0 Å². The lowest BCUT2D eigenvalue weighted by atomic mass is 10.3. The highest BCUT2D eigenvalue weighted by Crippen LogP contribution is 2.20. The van der Waals surface area contributed by atoms with Crippen molar-refractivity contribution in [1.82, 2.24) is 14.9 Å². The van der Waals surface area contributed by atoms with E-state index in [0.717, 1.165) is 5.82 Å². The maximum Gasteiger partial charge on any atom is 0.321 e. The number of urea groups is 1. The molecule has 0 radical (unpaired) electrons.